The molecule has 0 aliphatic carbocycles. The third-order valence-electron chi connectivity index (χ3n) is 3.39. The molecule has 2 N–H and O–H groups in total. The molecule has 3 aromatic rings. The lowest BCUT2D eigenvalue weighted by molar-refractivity contribution is -0.111. The molecule has 0 spiro atoms. The van der Waals surface area contributed by atoms with Gasteiger partial charge in [-0.05, 0) is 42.0 Å². The van der Waals surface area contributed by atoms with Gasteiger partial charge in [0, 0.05) is 28.9 Å². The lowest BCUT2D eigenvalue weighted by Crippen LogP contribution is -2.07. The largest absolute Gasteiger partial charge is 0.497 e. The Balaban J connectivity index is 1.70. The number of H-pyrrole nitrogens is 1. The summed E-state index contributed by atoms with van der Waals surface area (Å²) < 4.78 is 5.08. The number of carbonyl (C=O) groups excluding carboxylic acids is 1. The van der Waals surface area contributed by atoms with Crippen LogP contribution in [0.3, 0.4) is 0 Å². The molecular weight excluding hydrogens is 276 g/mol. The van der Waals surface area contributed by atoms with Crippen molar-refractivity contribution in [3.8, 4) is 5.75 Å². The second kappa shape index (κ2) is 6.18. The normalized spacial score (nSPS) is 11.0. The zero-order valence-corrected chi connectivity index (χ0v) is 12.2. The van der Waals surface area contributed by atoms with E-state index in [9.17, 15) is 4.79 Å². The number of ether oxygens (including phenoxy) is 1. The van der Waals surface area contributed by atoms with E-state index in [1.54, 1.807) is 37.5 Å². The fraction of sp³-hybridized carbons (Fsp3) is 0.0556. The molecule has 0 unspecified atom stereocenters. The minimum Gasteiger partial charge on any atom is -0.497 e. The minimum atomic E-state index is -0.171. The van der Waals surface area contributed by atoms with Crippen LogP contribution < -0.4 is 10.1 Å². The van der Waals surface area contributed by atoms with Crippen LogP contribution in [0.25, 0.3) is 17.0 Å². The summed E-state index contributed by atoms with van der Waals surface area (Å²) in [5.41, 5.74) is 2.77. The van der Waals surface area contributed by atoms with Crippen LogP contribution in [0.1, 0.15) is 5.56 Å². The fourth-order valence-corrected chi connectivity index (χ4v) is 2.26. The Hall–Kier alpha value is -3.01. The van der Waals surface area contributed by atoms with Crippen molar-refractivity contribution in [3.05, 3.63) is 66.4 Å². The fourth-order valence-electron chi connectivity index (χ4n) is 2.26. The molecule has 2 aromatic carbocycles. The van der Waals surface area contributed by atoms with E-state index in [-0.39, 0.29) is 5.91 Å². The number of aromatic amines is 1. The Kier molecular flexibility index (Phi) is 3.92. The molecule has 3 rings (SSSR count). The number of nitrogens with one attached hydrogen (secondary N) is 2. The number of hydrogen-bond acceptors (Lipinski definition) is 2. The maximum Gasteiger partial charge on any atom is 0.248 e. The monoisotopic (exact) mass is 292 g/mol. The first-order valence-corrected chi connectivity index (χ1v) is 6.95. The van der Waals surface area contributed by atoms with Gasteiger partial charge in [-0.15, -0.1) is 0 Å². The number of rotatable bonds is 4. The maximum atomic E-state index is 12.0. The van der Waals surface area contributed by atoms with Crippen LogP contribution in [-0.2, 0) is 4.79 Å². The van der Waals surface area contributed by atoms with Crippen molar-refractivity contribution in [1.29, 1.82) is 0 Å². The van der Waals surface area contributed by atoms with Gasteiger partial charge >= 0.3 is 0 Å². The molecule has 0 saturated carbocycles. The highest BCUT2D eigenvalue weighted by molar-refractivity contribution is 6.03. The average Bonchev–Trinajstić information content (AvgIpc) is 2.97. The molecule has 1 amide bonds. The van der Waals surface area contributed by atoms with E-state index in [1.807, 2.05) is 30.5 Å². The number of carbonyl (C=O) groups is 1. The second-order valence-electron chi connectivity index (χ2n) is 4.84. The van der Waals surface area contributed by atoms with Gasteiger partial charge in [0.05, 0.1) is 7.11 Å². The van der Waals surface area contributed by atoms with Crippen molar-refractivity contribution in [2.45, 2.75) is 0 Å². The predicted octanol–water partition coefficient (Wildman–Crippen LogP) is 3.83. The van der Waals surface area contributed by atoms with Gasteiger partial charge in [0.1, 0.15) is 5.75 Å². The number of benzene rings is 2. The van der Waals surface area contributed by atoms with Crippen LogP contribution in [0.15, 0.2) is 60.8 Å². The topological polar surface area (TPSA) is 54.1 Å². The van der Waals surface area contributed by atoms with Gasteiger partial charge in [-0.25, -0.2) is 0 Å². The van der Waals surface area contributed by atoms with Crippen LogP contribution in [-0.4, -0.2) is 18.0 Å². The molecule has 0 aliphatic heterocycles. The summed E-state index contributed by atoms with van der Waals surface area (Å²) in [5.74, 6) is 0.586. The number of amides is 1. The Labute approximate surface area is 128 Å². The van der Waals surface area contributed by atoms with E-state index in [0.717, 1.165) is 27.9 Å². The summed E-state index contributed by atoms with van der Waals surface area (Å²) in [7, 11) is 1.61. The van der Waals surface area contributed by atoms with Crippen molar-refractivity contribution in [2.24, 2.45) is 0 Å². The van der Waals surface area contributed by atoms with Crippen LogP contribution >= 0.6 is 0 Å². The van der Waals surface area contributed by atoms with Gasteiger partial charge in [-0.2, -0.15) is 0 Å². The SMILES string of the molecule is COc1ccc(NC(=O)/C=C/c2c[nH]c3ccccc23)cc1. The lowest BCUT2D eigenvalue weighted by Gasteiger charge is -2.03. The zero-order chi connectivity index (χ0) is 15.4. The Morgan fingerprint density at radius 2 is 1.91 bits per heavy atom. The average molecular weight is 292 g/mol. The van der Waals surface area contributed by atoms with E-state index < -0.39 is 0 Å². The molecule has 110 valence electrons. The van der Waals surface area contributed by atoms with E-state index in [0.29, 0.717) is 0 Å². The van der Waals surface area contributed by atoms with E-state index in [4.69, 9.17) is 4.74 Å². The second-order valence-corrected chi connectivity index (χ2v) is 4.84. The smallest absolute Gasteiger partial charge is 0.248 e. The summed E-state index contributed by atoms with van der Waals surface area (Å²) in [5, 5.41) is 3.91. The molecule has 1 aromatic heterocycles. The molecule has 0 fully saturated rings. The van der Waals surface area contributed by atoms with Crippen LogP contribution in [0.5, 0.6) is 5.75 Å². The summed E-state index contributed by atoms with van der Waals surface area (Å²) in [6.07, 6.45) is 5.22. The molecule has 1 heterocycles. The van der Waals surface area contributed by atoms with Crippen molar-refractivity contribution in [3.63, 3.8) is 0 Å². The van der Waals surface area contributed by atoms with Gasteiger partial charge in [-0.3, -0.25) is 4.79 Å². The number of para-hydroxylation sites is 1. The van der Waals surface area contributed by atoms with Gasteiger partial charge in [0.2, 0.25) is 5.91 Å². The Bertz CT molecular complexity index is 816. The van der Waals surface area contributed by atoms with Crippen LogP contribution in [0.4, 0.5) is 5.69 Å². The van der Waals surface area contributed by atoms with E-state index in [1.165, 1.54) is 6.08 Å². The third kappa shape index (κ3) is 3.01. The number of aromatic nitrogens is 1. The molecule has 4 nitrogen and oxygen atoms in total. The molecule has 22 heavy (non-hydrogen) atoms. The van der Waals surface area contributed by atoms with E-state index in [2.05, 4.69) is 10.3 Å². The summed E-state index contributed by atoms with van der Waals surface area (Å²) in [4.78, 5) is 15.1. The zero-order valence-electron chi connectivity index (χ0n) is 12.2. The van der Waals surface area contributed by atoms with Gasteiger partial charge in [-0.1, -0.05) is 18.2 Å². The van der Waals surface area contributed by atoms with Crippen LogP contribution in [0.2, 0.25) is 0 Å². The molecule has 0 bridgehead atoms. The third-order valence-corrected chi connectivity index (χ3v) is 3.39. The van der Waals surface area contributed by atoms with Gasteiger partial charge in [0.15, 0.2) is 0 Å². The number of fused-ring (bicyclic) bond motifs is 1. The molecule has 0 radical (unpaired) electrons. The van der Waals surface area contributed by atoms with E-state index >= 15 is 0 Å². The van der Waals surface area contributed by atoms with Crippen molar-refractivity contribution >= 4 is 28.6 Å². The first kappa shape index (κ1) is 13.9. The molecule has 0 saturated heterocycles. The van der Waals surface area contributed by atoms with Crippen molar-refractivity contribution in [2.75, 3.05) is 12.4 Å². The van der Waals surface area contributed by atoms with Gasteiger partial charge < -0.3 is 15.0 Å². The highest BCUT2D eigenvalue weighted by Gasteiger charge is 2.01. The van der Waals surface area contributed by atoms with Gasteiger partial charge in [0.25, 0.3) is 0 Å². The maximum absolute atomic E-state index is 12.0. The minimum absolute atomic E-state index is 0.171. The standard InChI is InChI=1S/C18H16N2O2/c1-22-15-9-7-14(8-10-15)20-18(21)11-6-13-12-19-17-5-3-2-4-16(13)17/h2-12,19H,1H3,(H,20,21)/b11-6+. The number of hydrogen-bond donors (Lipinski definition) is 2. The summed E-state index contributed by atoms with van der Waals surface area (Å²) in [6.45, 7) is 0. The molecule has 0 atom stereocenters. The molecule has 4 heteroatoms. The first-order valence-electron chi connectivity index (χ1n) is 6.95. The predicted molar refractivity (Wildman–Crippen MR) is 89.0 cm³/mol. The van der Waals surface area contributed by atoms with Crippen molar-refractivity contribution in [1.82, 2.24) is 4.98 Å². The highest BCUT2D eigenvalue weighted by Crippen LogP contribution is 2.19. The molecular formula is C18H16N2O2. The quantitative estimate of drug-likeness (QED) is 0.718. The first-order chi connectivity index (χ1) is 10.8. The lowest BCUT2D eigenvalue weighted by atomic mass is 10.1. The Morgan fingerprint density at radius 1 is 1.14 bits per heavy atom. The Morgan fingerprint density at radius 3 is 2.68 bits per heavy atom. The molecule has 0 aliphatic rings. The number of methoxy groups -OCH3 is 1. The highest BCUT2D eigenvalue weighted by atomic mass is 16.5. The van der Waals surface area contributed by atoms with Crippen LogP contribution in [0, 0.1) is 0 Å². The van der Waals surface area contributed by atoms with Crippen molar-refractivity contribution < 1.29 is 9.53 Å². The summed E-state index contributed by atoms with van der Waals surface area (Å²) in [6, 6.07) is 15.2. The number of anilines is 1. The summed E-state index contributed by atoms with van der Waals surface area (Å²) >= 11 is 0.